The maximum atomic E-state index is 13.1. The van der Waals surface area contributed by atoms with Gasteiger partial charge in [-0.15, -0.1) is 10.2 Å². The number of halogens is 1. The van der Waals surface area contributed by atoms with E-state index in [0.717, 1.165) is 56.5 Å². The Morgan fingerprint density at radius 1 is 1.33 bits per heavy atom. The van der Waals surface area contributed by atoms with Crippen molar-refractivity contribution in [1.82, 2.24) is 25.4 Å². The fraction of sp³-hybridized carbons (Fsp3) is 0.526. The largest absolute Gasteiger partial charge is 0.381 e. The smallest absolute Gasteiger partial charge is 0.191 e. The average molecular weight is 374 g/mol. The van der Waals surface area contributed by atoms with Crippen LogP contribution in [0.5, 0.6) is 0 Å². The van der Waals surface area contributed by atoms with E-state index in [-0.39, 0.29) is 5.82 Å². The van der Waals surface area contributed by atoms with Crippen LogP contribution in [0.4, 0.5) is 4.39 Å². The van der Waals surface area contributed by atoms with Gasteiger partial charge in [-0.1, -0.05) is 19.1 Å². The van der Waals surface area contributed by atoms with Gasteiger partial charge >= 0.3 is 0 Å². The number of ether oxygens (including phenoxy) is 1. The quantitative estimate of drug-likeness (QED) is 0.544. The van der Waals surface area contributed by atoms with E-state index < -0.39 is 0 Å². The molecule has 0 saturated carbocycles. The summed E-state index contributed by atoms with van der Waals surface area (Å²) in [6.45, 7) is 6.47. The zero-order valence-corrected chi connectivity index (χ0v) is 15.7. The van der Waals surface area contributed by atoms with Crippen molar-refractivity contribution >= 4 is 5.96 Å². The van der Waals surface area contributed by atoms with Crippen LogP contribution in [0.1, 0.15) is 24.7 Å². The van der Waals surface area contributed by atoms with E-state index in [0.29, 0.717) is 19.0 Å². The Kier molecular flexibility index (Phi) is 7.15. The van der Waals surface area contributed by atoms with Crippen LogP contribution < -0.4 is 10.6 Å². The molecule has 2 heterocycles. The molecule has 0 bridgehead atoms. The Labute approximate surface area is 159 Å². The van der Waals surface area contributed by atoms with Gasteiger partial charge in [-0.25, -0.2) is 9.38 Å². The highest BCUT2D eigenvalue weighted by molar-refractivity contribution is 5.79. The van der Waals surface area contributed by atoms with Gasteiger partial charge in [0.2, 0.25) is 0 Å². The lowest BCUT2D eigenvalue weighted by Crippen LogP contribution is -2.41. The fourth-order valence-corrected chi connectivity index (χ4v) is 2.95. The molecule has 1 aliphatic rings. The van der Waals surface area contributed by atoms with Gasteiger partial charge in [0, 0.05) is 38.6 Å². The number of nitrogens with one attached hydrogen (secondary N) is 2. The van der Waals surface area contributed by atoms with Crippen LogP contribution in [0.3, 0.4) is 0 Å². The molecular weight excluding hydrogens is 347 g/mol. The Balaban J connectivity index is 1.55. The molecule has 0 spiro atoms. The minimum atomic E-state index is -0.235. The highest BCUT2D eigenvalue weighted by Crippen LogP contribution is 2.10. The van der Waals surface area contributed by atoms with Gasteiger partial charge in [-0.3, -0.25) is 0 Å². The molecule has 0 radical (unpaired) electrons. The lowest BCUT2D eigenvalue weighted by Gasteiger charge is -2.15. The molecule has 1 aromatic heterocycles. The summed E-state index contributed by atoms with van der Waals surface area (Å²) in [5, 5.41) is 14.8. The molecule has 1 aromatic carbocycles. The number of nitrogens with zero attached hydrogens (tertiary/aromatic N) is 4. The zero-order chi connectivity index (χ0) is 18.9. The van der Waals surface area contributed by atoms with Crippen molar-refractivity contribution in [3.8, 4) is 0 Å². The fourth-order valence-electron chi connectivity index (χ4n) is 2.95. The lowest BCUT2D eigenvalue weighted by atomic mass is 10.1. The molecular formula is C19H27FN6O. The number of aliphatic imine (C=N–C) groups is 1. The zero-order valence-electron chi connectivity index (χ0n) is 15.7. The van der Waals surface area contributed by atoms with Crippen LogP contribution in [-0.2, 0) is 24.2 Å². The molecule has 0 amide bonds. The number of rotatable bonds is 8. The molecule has 1 unspecified atom stereocenters. The van der Waals surface area contributed by atoms with Crippen molar-refractivity contribution in [2.75, 3.05) is 26.3 Å². The second-order valence-electron chi connectivity index (χ2n) is 6.62. The maximum Gasteiger partial charge on any atom is 0.191 e. The number of hydrogen-bond acceptors (Lipinski definition) is 4. The Morgan fingerprint density at radius 2 is 2.19 bits per heavy atom. The summed E-state index contributed by atoms with van der Waals surface area (Å²) >= 11 is 0. The first-order chi connectivity index (χ1) is 13.2. The molecule has 1 fully saturated rings. The third-order valence-electron chi connectivity index (χ3n) is 4.57. The topological polar surface area (TPSA) is 76.4 Å². The van der Waals surface area contributed by atoms with Crippen LogP contribution in [0.15, 0.2) is 35.6 Å². The predicted octanol–water partition coefficient (Wildman–Crippen LogP) is 1.75. The Morgan fingerprint density at radius 3 is 2.93 bits per heavy atom. The van der Waals surface area contributed by atoms with Crippen LogP contribution in [0, 0.1) is 11.7 Å². The number of benzene rings is 1. The van der Waals surface area contributed by atoms with Crippen molar-refractivity contribution < 1.29 is 9.13 Å². The highest BCUT2D eigenvalue weighted by Gasteiger charge is 2.15. The lowest BCUT2D eigenvalue weighted by molar-refractivity contribution is 0.186. The van der Waals surface area contributed by atoms with Crippen molar-refractivity contribution in [3.05, 3.63) is 47.8 Å². The summed E-state index contributed by atoms with van der Waals surface area (Å²) in [7, 11) is 0. The third-order valence-corrected chi connectivity index (χ3v) is 4.57. The number of guanidine groups is 1. The second kappa shape index (κ2) is 10.0. The first-order valence-electron chi connectivity index (χ1n) is 9.45. The molecule has 146 valence electrons. The molecule has 8 heteroatoms. The molecule has 0 aliphatic carbocycles. The van der Waals surface area contributed by atoms with E-state index in [9.17, 15) is 4.39 Å². The normalized spacial score (nSPS) is 17.3. The Bertz CT molecular complexity index is 724. The maximum absolute atomic E-state index is 13.1. The number of aromatic nitrogens is 3. The van der Waals surface area contributed by atoms with Crippen LogP contribution in [0.25, 0.3) is 0 Å². The second-order valence-corrected chi connectivity index (χ2v) is 6.62. The summed E-state index contributed by atoms with van der Waals surface area (Å²) < 4.78 is 20.5. The van der Waals surface area contributed by atoms with Gasteiger partial charge in [-0.2, -0.15) is 0 Å². The van der Waals surface area contributed by atoms with Gasteiger partial charge in [0.05, 0.1) is 13.2 Å². The monoisotopic (exact) mass is 374 g/mol. The summed E-state index contributed by atoms with van der Waals surface area (Å²) in [5.41, 5.74) is 0.966. The Hall–Kier alpha value is -2.48. The summed E-state index contributed by atoms with van der Waals surface area (Å²) in [6.07, 6.45) is 3.67. The third kappa shape index (κ3) is 6.02. The van der Waals surface area contributed by atoms with Crippen molar-refractivity contribution in [2.45, 2.75) is 32.9 Å². The minimum Gasteiger partial charge on any atom is -0.381 e. The van der Waals surface area contributed by atoms with Crippen LogP contribution in [-0.4, -0.2) is 47.0 Å². The number of aryl methyl sites for hydroxylation is 1. The van der Waals surface area contributed by atoms with Gasteiger partial charge in [-0.05, 0) is 24.1 Å². The summed E-state index contributed by atoms with van der Waals surface area (Å²) in [6, 6.07) is 6.43. The van der Waals surface area contributed by atoms with Gasteiger partial charge < -0.3 is 19.9 Å². The van der Waals surface area contributed by atoms with Crippen LogP contribution in [0.2, 0.25) is 0 Å². The van der Waals surface area contributed by atoms with E-state index in [4.69, 9.17) is 4.74 Å². The van der Waals surface area contributed by atoms with Crippen molar-refractivity contribution in [3.63, 3.8) is 0 Å². The minimum absolute atomic E-state index is 0.235. The molecule has 3 rings (SSSR count). The molecule has 2 N–H and O–H groups in total. The summed E-state index contributed by atoms with van der Waals surface area (Å²) in [4.78, 5) is 4.64. The van der Waals surface area contributed by atoms with Gasteiger partial charge in [0.15, 0.2) is 5.96 Å². The first kappa shape index (κ1) is 19.3. The van der Waals surface area contributed by atoms with Gasteiger partial charge in [0.25, 0.3) is 0 Å². The standard InChI is InChI=1S/C19H27FN6O/c1-2-18-25-24-14-26(18)9-8-21-19(23-12-16-7-10-27-13-16)22-11-15-3-5-17(20)6-4-15/h3-6,14,16H,2,7-13H2,1H3,(H2,21,22,23). The van der Waals surface area contributed by atoms with Gasteiger partial charge in [0.1, 0.15) is 18.0 Å². The first-order valence-corrected chi connectivity index (χ1v) is 9.45. The molecule has 7 nitrogen and oxygen atoms in total. The van der Waals surface area contributed by atoms with Crippen molar-refractivity contribution in [2.24, 2.45) is 10.9 Å². The SMILES string of the molecule is CCc1nncn1CCNC(=NCc1ccc(F)cc1)NCC1CCOC1. The average Bonchev–Trinajstić information content (AvgIpc) is 3.36. The molecule has 1 atom stereocenters. The van der Waals surface area contributed by atoms with E-state index in [1.165, 1.54) is 12.1 Å². The molecule has 27 heavy (non-hydrogen) atoms. The molecule has 1 aliphatic heterocycles. The van der Waals surface area contributed by atoms with E-state index >= 15 is 0 Å². The predicted molar refractivity (Wildman–Crippen MR) is 102 cm³/mol. The molecule has 2 aromatic rings. The van der Waals surface area contributed by atoms with E-state index in [2.05, 4.69) is 32.7 Å². The van der Waals surface area contributed by atoms with Crippen LogP contribution >= 0.6 is 0 Å². The van der Waals surface area contributed by atoms with Crippen molar-refractivity contribution in [1.29, 1.82) is 0 Å². The van der Waals surface area contributed by atoms with E-state index in [1.54, 1.807) is 18.5 Å². The highest BCUT2D eigenvalue weighted by atomic mass is 19.1. The number of hydrogen-bond donors (Lipinski definition) is 2. The molecule has 1 saturated heterocycles. The summed E-state index contributed by atoms with van der Waals surface area (Å²) in [5.74, 6) is 1.99. The van der Waals surface area contributed by atoms with E-state index in [1.807, 2.05) is 4.57 Å².